The van der Waals surface area contributed by atoms with E-state index in [1.165, 1.54) is 50.3 Å². The average molecular weight is 1000 g/mol. The van der Waals surface area contributed by atoms with Gasteiger partial charge in [0.1, 0.15) is 17.3 Å². The van der Waals surface area contributed by atoms with Gasteiger partial charge in [0.2, 0.25) is 0 Å². The number of imidazole rings is 1. The van der Waals surface area contributed by atoms with E-state index in [1.54, 1.807) is 0 Å². The highest BCUT2D eigenvalue weighted by Crippen LogP contribution is 2.42. The number of benzene rings is 7. The van der Waals surface area contributed by atoms with Gasteiger partial charge in [0.15, 0.2) is 0 Å². The maximum atomic E-state index is 7.23. The summed E-state index contributed by atoms with van der Waals surface area (Å²) in [5.41, 5.74) is 15.3. The molecular formula is C71H76N4O. The summed E-state index contributed by atoms with van der Waals surface area (Å²) in [5.74, 6) is 2.65. The van der Waals surface area contributed by atoms with Crippen LogP contribution in [0.3, 0.4) is 0 Å². The number of rotatable bonds is 11. The number of hydrogen-bond acceptors (Lipinski definition) is 2. The molecule has 76 heavy (non-hydrogen) atoms. The lowest BCUT2D eigenvalue weighted by Crippen LogP contribution is -2.41. The van der Waals surface area contributed by atoms with Crippen molar-refractivity contribution < 1.29 is 9.30 Å². The van der Waals surface area contributed by atoms with Crippen LogP contribution in [-0.2, 0) is 27.1 Å². The van der Waals surface area contributed by atoms with Crippen molar-refractivity contribution in [2.75, 3.05) is 0 Å². The van der Waals surface area contributed by atoms with E-state index in [0.717, 1.165) is 56.1 Å². The molecule has 3 aromatic heterocycles. The first-order valence-electron chi connectivity index (χ1n) is 27.2. The quantitative estimate of drug-likeness (QED) is 0.0956. The molecule has 0 aliphatic carbocycles. The minimum Gasteiger partial charge on any atom is -0.458 e. The number of aromatic nitrogens is 4. The maximum absolute atomic E-state index is 7.23. The van der Waals surface area contributed by atoms with E-state index in [-0.39, 0.29) is 27.1 Å². The Morgan fingerprint density at radius 1 is 0.487 bits per heavy atom. The smallest absolute Gasteiger partial charge is 0.269 e. The van der Waals surface area contributed by atoms with Crippen molar-refractivity contribution in [3.05, 3.63) is 233 Å². The third-order valence-corrected chi connectivity index (χ3v) is 15.7. The fraction of sp³-hybridized carbons (Fsp3) is 0.296. The Kier molecular flexibility index (Phi) is 13.2. The van der Waals surface area contributed by atoms with Crippen molar-refractivity contribution in [1.82, 2.24) is 14.1 Å². The van der Waals surface area contributed by atoms with Crippen LogP contribution in [0.4, 0.5) is 0 Å². The van der Waals surface area contributed by atoms with Crippen LogP contribution >= 0.6 is 0 Å². The van der Waals surface area contributed by atoms with Crippen molar-refractivity contribution in [1.29, 1.82) is 0 Å². The lowest BCUT2D eigenvalue weighted by Gasteiger charge is -2.32. The van der Waals surface area contributed by atoms with Gasteiger partial charge in [0.05, 0.1) is 33.8 Å². The first kappa shape index (κ1) is 52.0. The number of para-hydroxylation sites is 1. The molecule has 10 rings (SSSR count). The number of nitrogens with zero attached hydrogens (tertiary/aromatic N) is 4. The third-order valence-electron chi connectivity index (χ3n) is 15.7. The van der Waals surface area contributed by atoms with Crippen molar-refractivity contribution >= 4 is 21.8 Å². The Labute approximate surface area is 452 Å². The van der Waals surface area contributed by atoms with E-state index >= 15 is 0 Å². The highest BCUT2D eigenvalue weighted by molar-refractivity contribution is 6.09. The first-order chi connectivity index (χ1) is 35.9. The van der Waals surface area contributed by atoms with E-state index in [2.05, 4.69) is 300 Å². The van der Waals surface area contributed by atoms with Crippen molar-refractivity contribution in [3.8, 4) is 39.8 Å². The summed E-state index contributed by atoms with van der Waals surface area (Å²) >= 11 is 0. The zero-order valence-corrected chi connectivity index (χ0v) is 47.6. The molecule has 0 aliphatic heterocycles. The molecule has 10 aromatic rings. The molecule has 0 aliphatic rings. The van der Waals surface area contributed by atoms with Gasteiger partial charge in [0, 0.05) is 33.9 Å². The van der Waals surface area contributed by atoms with Crippen LogP contribution in [-0.4, -0.2) is 14.1 Å². The molecule has 0 amide bonds. The molecule has 3 heterocycles. The van der Waals surface area contributed by atoms with Crippen LogP contribution in [0, 0.1) is 6.33 Å². The number of ether oxygens (including phenoxy) is 1. The molecule has 5 heteroatoms. The minimum atomic E-state index is -0.287. The van der Waals surface area contributed by atoms with Crippen molar-refractivity contribution in [2.24, 2.45) is 0 Å². The number of fused-ring (bicyclic) bond motifs is 3. The summed E-state index contributed by atoms with van der Waals surface area (Å²) in [7, 11) is 0. The second-order valence-electron chi connectivity index (χ2n) is 25.5. The summed E-state index contributed by atoms with van der Waals surface area (Å²) < 4.78 is 14.2. The molecule has 0 saturated heterocycles. The van der Waals surface area contributed by atoms with E-state index in [1.807, 2.05) is 6.20 Å². The van der Waals surface area contributed by atoms with Crippen molar-refractivity contribution in [3.63, 3.8) is 0 Å². The Balaban J connectivity index is 1.18. The molecule has 0 bridgehead atoms. The normalized spacial score (nSPS) is 12.8. The lowest BCUT2D eigenvalue weighted by atomic mass is 9.75. The molecule has 386 valence electrons. The van der Waals surface area contributed by atoms with Gasteiger partial charge >= 0.3 is 0 Å². The molecule has 0 spiro atoms. The highest BCUT2D eigenvalue weighted by Gasteiger charge is 2.36. The van der Waals surface area contributed by atoms with E-state index in [0.29, 0.717) is 5.92 Å². The molecule has 0 radical (unpaired) electrons. The Bertz CT molecular complexity index is 3750. The van der Waals surface area contributed by atoms with Crippen LogP contribution < -0.4 is 9.30 Å². The van der Waals surface area contributed by atoms with E-state index in [4.69, 9.17) is 9.72 Å². The van der Waals surface area contributed by atoms with Gasteiger partial charge in [-0.2, -0.15) is 0 Å². The number of hydrogen-bond donors (Lipinski definition) is 0. The molecule has 7 aromatic carbocycles. The first-order valence-corrected chi connectivity index (χ1v) is 27.2. The molecule has 0 fully saturated rings. The monoisotopic (exact) mass is 1000 g/mol. The second kappa shape index (κ2) is 19.3. The fourth-order valence-corrected chi connectivity index (χ4v) is 11.3. The van der Waals surface area contributed by atoms with Gasteiger partial charge in [-0.3, -0.25) is 13.7 Å². The van der Waals surface area contributed by atoms with Crippen LogP contribution in [0.15, 0.2) is 182 Å². The van der Waals surface area contributed by atoms with Crippen LogP contribution in [0.5, 0.6) is 11.5 Å². The average Bonchev–Trinajstić information content (AvgIpc) is 4.01. The molecule has 0 N–H and O–H groups in total. The van der Waals surface area contributed by atoms with Crippen LogP contribution in [0.2, 0.25) is 0 Å². The van der Waals surface area contributed by atoms with Gasteiger partial charge in [-0.15, -0.1) is 0 Å². The summed E-state index contributed by atoms with van der Waals surface area (Å²) in [4.78, 5) is 5.05. The summed E-state index contributed by atoms with van der Waals surface area (Å²) in [5, 5.41) is 2.30. The SMILES string of the molecule is CC(C)c1ccccc1-c1cc(Oc2ccc3c4ccccc4n(-c4cc(C(C)(C)c5ccccc5)ccn4)c3c2)cc(-n2[c-][n+](-c3cc(C(C)(C)C)cc(C(C)(C)c4ccccc4)c3)c(C(C)(C)C)c2C(C)(C)C)c1. The van der Waals surface area contributed by atoms with Crippen LogP contribution in [0.1, 0.15) is 155 Å². The summed E-state index contributed by atoms with van der Waals surface area (Å²) in [6, 6.07) is 63.9. The molecular weight excluding hydrogens is 925 g/mol. The zero-order valence-electron chi connectivity index (χ0n) is 47.6. The zero-order chi connectivity index (χ0) is 54.1. The molecule has 0 saturated carbocycles. The Morgan fingerprint density at radius 2 is 1.09 bits per heavy atom. The van der Waals surface area contributed by atoms with E-state index < -0.39 is 0 Å². The predicted octanol–water partition coefficient (Wildman–Crippen LogP) is 18.2. The fourth-order valence-electron chi connectivity index (χ4n) is 11.3. The maximum Gasteiger partial charge on any atom is 0.269 e. The van der Waals surface area contributed by atoms with Crippen molar-refractivity contribution in [2.45, 2.75) is 137 Å². The van der Waals surface area contributed by atoms with Gasteiger partial charge in [-0.25, -0.2) is 4.98 Å². The number of pyridine rings is 1. The van der Waals surface area contributed by atoms with Gasteiger partial charge in [0.25, 0.3) is 6.33 Å². The second-order valence-corrected chi connectivity index (χ2v) is 25.5. The topological polar surface area (TPSA) is 35.9 Å². The van der Waals surface area contributed by atoms with E-state index in [9.17, 15) is 0 Å². The largest absolute Gasteiger partial charge is 0.458 e. The Morgan fingerprint density at radius 3 is 1.74 bits per heavy atom. The predicted molar refractivity (Wildman–Crippen MR) is 318 cm³/mol. The summed E-state index contributed by atoms with van der Waals surface area (Å²) in [6.45, 7) is 34.8. The third kappa shape index (κ3) is 9.70. The Hall–Kier alpha value is -7.50. The summed E-state index contributed by atoms with van der Waals surface area (Å²) in [6.07, 6.45) is 6.01. The van der Waals surface area contributed by atoms with Gasteiger partial charge < -0.3 is 4.74 Å². The minimum absolute atomic E-state index is 0.100. The molecule has 5 nitrogen and oxygen atoms in total. The molecule has 0 unspecified atom stereocenters. The van der Waals surface area contributed by atoms with Crippen LogP contribution in [0.25, 0.3) is 50.1 Å². The molecule has 0 atom stereocenters. The van der Waals surface area contributed by atoms with Gasteiger partial charge in [-0.1, -0.05) is 213 Å². The standard InChI is InChI=1S/C71H76N4O/c1-47(2)58-30-22-23-31-59(58)48-38-54(73-46-74(66(69(9,10)11)65(73)68(6,7)8)55-41-52(67(3,4)5)40-53(42-55)71(14,15)50-28-20-17-21-29-50)44-57(39-48)76-56-34-35-61-60-32-24-25-33-62(60)75(63(61)45-56)64-43-51(36-37-72-64)70(12,13)49-26-18-16-19-27-49/h16-45,47H,1-15H3. The van der Waals surface area contributed by atoms with Gasteiger partial charge in [-0.05, 0) is 127 Å². The lowest BCUT2D eigenvalue weighted by molar-refractivity contribution is -0.611. The highest BCUT2D eigenvalue weighted by atomic mass is 16.5.